The molecule has 0 bridgehead atoms. The molecule has 0 aliphatic rings. The van der Waals surface area contributed by atoms with Gasteiger partial charge in [-0.2, -0.15) is 0 Å². The number of unbranched alkanes of at least 4 members (excludes halogenated alkanes) is 1. The lowest BCUT2D eigenvalue weighted by molar-refractivity contribution is 0.0506. The van der Waals surface area contributed by atoms with E-state index in [0.29, 0.717) is 45.1 Å². The third-order valence-electron chi connectivity index (χ3n) is 5.00. The number of amides is 1. The molecular weight excluding hydrogens is 426 g/mol. The molecule has 0 atom stereocenters. The van der Waals surface area contributed by atoms with Gasteiger partial charge in [-0.25, -0.2) is 9.78 Å². The van der Waals surface area contributed by atoms with Crippen LogP contribution in [0.2, 0.25) is 0 Å². The van der Waals surface area contributed by atoms with E-state index < -0.39 is 5.97 Å². The summed E-state index contributed by atoms with van der Waals surface area (Å²) in [6.07, 6.45) is 3.21. The van der Waals surface area contributed by atoms with Gasteiger partial charge in [0.2, 0.25) is 0 Å². The second kappa shape index (κ2) is 9.23. The summed E-state index contributed by atoms with van der Waals surface area (Å²) in [7, 11) is 0. The first-order chi connectivity index (χ1) is 15.5. The second-order valence-corrected chi connectivity index (χ2v) is 8.26. The summed E-state index contributed by atoms with van der Waals surface area (Å²) >= 11 is 1.16. The highest BCUT2D eigenvalue weighted by Gasteiger charge is 2.28. The summed E-state index contributed by atoms with van der Waals surface area (Å²) < 4.78 is 11.0. The Morgan fingerprint density at radius 1 is 1.19 bits per heavy atom. The smallest absolute Gasteiger partial charge is 0.350 e. The summed E-state index contributed by atoms with van der Waals surface area (Å²) in [5.41, 5.74) is 8.66. The fourth-order valence-corrected chi connectivity index (χ4v) is 4.50. The number of thiophene rings is 1. The molecule has 0 spiro atoms. The van der Waals surface area contributed by atoms with Gasteiger partial charge < -0.3 is 20.2 Å². The van der Waals surface area contributed by atoms with Crippen molar-refractivity contribution in [3.63, 3.8) is 0 Å². The number of nitrogens with two attached hydrogens (primary N) is 1. The fourth-order valence-electron chi connectivity index (χ4n) is 3.45. The van der Waals surface area contributed by atoms with Gasteiger partial charge in [-0.05, 0) is 37.6 Å². The maximum absolute atomic E-state index is 13.3. The number of carbonyl (C=O) groups is 2. The number of aromatic nitrogens is 1. The molecule has 8 heteroatoms. The average molecular weight is 450 g/mol. The Balaban J connectivity index is 1.86. The molecule has 0 aliphatic heterocycles. The average Bonchev–Trinajstić information content (AvgIpc) is 3.42. The van der Waals surface area contributed by atoms with Crippen LogP contribution in [0.15, 0.2) is 53.1 Å². The van der Waals surface area contributed by atoms with Gasteiger partial charge in [0.25, 0.3) is 5.91 Å². The SMILES string of the molecule is CCCCOC(=O)c1sc2nc(C)c(C(=O)Nc3ccccc3)c(-c3ccco3)c2c1N. The van der Waals surface area contributed by atoms with Crippen molar-refractivity contribution in [1.82, 2.24) is 4.98 Å². The molecule has 32 heavy (non-hydrogen) atoms. The lowest BCUT2D eigenvalue weighted by atomic mass is 9.99. The largest absolute Gasteiger partial charge is 0.464 e. The van der Waals surface area contributed by atoms with E-state index >= 15 is 0 Å². The zero-order chi connectivity index (χ0) is 22.7. The maximum atomic E-state index is 13.3. The first-order valence-corrected chi connectivity index (χ1v) is 11.1. The Morgan fingerprint density at radius 2 is 1.97 bits per heavy atom. The predicted octanol–water partition coefficient (Wildman–Crippen LogP) is 5.66. The number of rotatable bonds is 7. The molecule has 3 N–H and O–H groups in total. The van der Waals surface area contributed by atoms with Crippen LogP contribution in [0.5, 0.6) is 0 Å². The topological polar surface area (TPSA) is 107 Å². The number of fused-ring (bicyclic) bond motifs is 1. The van der Waals surface area contributed by atoms with Crippen LogP contribution in [0.4, 0.5) is 11.4 Å². The minimum atomic E-state index is -0.489. The van der Waals surface area contributed by atoms with E-state index in [1.165, 1.54) is 6.26 Å². The van der Waals surface area contributed by atoms with Crippen LogP contribution in [-0.4, -0.2) is 23.5 Å². The number of pyridine rings is 1. The van der Waals surface area contributed by atoms with Crippen molar-refractivity contribution < 1.29 is 18.7 Å². The van der Waals surface area contributed by atoms with Crippen molar-refractivity contribution in [2.75, 3.05) is 17.7 Å². The zero-order valence-corrected chi connectivity index (χ0v) is 18.6. The summed E-state index contributed by atoms with van der Waals surface area (Å²) in [6, 6.07) is 12.6. The highest BCUT2D eigenvalue weighted by molar-refractivity contribution is 7.21. The minimum Gasteiger partial charge on any atom is -0.464 e. The predicted molar refractivity (Wildman–Crippen MR) is 126 cm³/mol. The molecule has 0 radical (unpaired) electrons. The molecule has 0 saturated carbocycles. The molecule has 3 heterocycles. The van der Waals surface area contributed by atoms with Crippen LogP contribution in [0.3, 0.4) is 0 Å². The lowest BCUT2D eigenvalue weighted by Crippen LogP contribution is -2.16. The molecule has 0 saturated heterocycles. The van der Waals surface area contributed by atoms with Crippen LogP contribution in [0, 0.1) is 6.92 Å². The molecule has 1 amide bonds. The van der Waals surface area contributed by atoms with Gasteiger partial charge in [0.15, 0.2) is 0 Å². The Morgan fingerprint density at radius 3 is 2.66 bits per heavy atom. The van der Waals surface area contributed by atoms with Crippen LogP contribution in [0.1, 0.15) is 45.5 Å². The number of aryl methyl sites for hydroxylation is 1. The first kappa shape index (κ1) is 21.6. The number of anilines is 2. The van der Waals surface area contributed by atoms with Crippen LogP contribution in [0.25, 0.3) is 21.5 Å². The third kappa shape index (κ3) is 4.09. The highest BCUT2D eigenvalue weighted by Crippen LogP contribution is 2.42. The highest BCUT2D eigenvalue weighted by atomic mass is 32.1. The number of para-hydroxylation sites is 1. The standard InChI is InChI=1S/C24H23N3O4S/c1-3-4-12-31-24(29)21-20(25)19-18(16-11-8-13-30-16)17(14(2)26-23(19)32-21)22(28)27-15-9-6-5-7-10-15/h5-11,13H,3-4,12,25H2,1-2H3,(H,27,28). The monoisotopic (exact) mass is 449 g/mol. The summed E-state index contributed by atoms with van der Waals surface area (Å²) in [4.78, 5) is 31.3. The van der Waals surface area contributed by atoms with Gasteiger partial charge in [0.1, 0.15) is 15.5 Å². The number of nitrogen functional groups attached to an aromatic ring is 1. The van der Waals surface area contributed by atoms with E-state index in [9.17, 15) is 9.59 Å². The molecule has 3 aromatic heterocycles. The van der Waals surface area contributed by atoms with Crippen molar-refractivity contribution in [3.8, 4) is 11.3 Å². The molecule has 4 rings (SSSR count). The van der Waals surface area contributed by atoms with Gasteiger partial charge in [-0.15, -0.1) is 11.3 Å². The minimum absolute atomic E-state index is 0.235. The van der Waals surface area contributed by atoms with E-state index in [4.69, 9.17) is 14.9 Å². The maximum Gasteiger partial charge on any atom is 0.350 e. The van der Waals surface area contributed by atoms with E-state index in [2.05, 4.69) is 10.3 Å². The second-order valence-electron chi connectivity index (χ2n) is 7.26. The van der Waals surface area contributed by atoms with Crippen molar-refractivity contribution >= 4 is 44.8 Å². The van der Waals surface area contributed by atoms with Crippen molar-refractivity contribution in [2.45, 2.75) is 26.7 Å². The Hall–Kier alpha value is -3.65. The normalized spacial score (nSPS) is 10.9. The van der Waals surface area contributed by atoms with Crippen molar-refractivity contribution in [1.29, 1.82) is 0 Å². The number of esters is 1. The number of ether oxygens (including phenoxy) is 1. The molecule has 7 nitrogen and oxygen atoms in total. The van der Waals surface area contributed by atoms with E-state index in [1.54, 1.807) is 31.2 Å². The van der Waals surface area contributed by atoms with Gasteiger partial charge >= 0.3 is 5.97 Å². The molecule has 0 unspecified atom stereocenters. The van der Waals surface area contributed by atoms with Gasteiger partial charge in [0, 0.05) is 16.6 Å². The van der Waals surface area contributed by atoms with E-state index in [1.807, 2.05) is 25.1 Å². The summed E-state index contributed by atoms with van der Waals surface area (Å²) in [5.74, 6) is -0.362. The quantitative estimate of drug-likeness (QED) is 0.279. The molecule has 164 valence electrons. The number of nitrogens with one attached hydrogen (secondary N) is 1. The summed E-state index contributed by atoms with van der Waals surface area (Å²) in [6.45, 7) is 4.10. The molecule has 4 aromatic rings. The van der Waals surface area contributed by atoms with Gasteiger partial charge in [0.05, 0.1) is 29.8 Å². The fraction of sp³-hybridized carbons (Fsp3) is 0.208. The van der Waals surface area contributed by atoms with Gasteiger partial charge in [-0.1, -0.05) is 31.5 Å². The number of nitrogens with zero attached hydrogens (tertiary/aromatic N) is 1. The van der Waals surface area contributed by atoms with E-state index in [-0.39, 0.29) is 16.5 Å². The van der Waals surface area contributed by atoms with Gasteiger partial charge in [-0.3, -0.25) is 4.79 Å². The number of hydrogen-bond acceptors (Lipinski definition) is 7. The van der Waals surface area contributed by atoms with Crippen LogP contribution in [-0.2, 0) is 4.74 Å². The zero-order valence-electron chi connectivity index (χ0n) is 17.8. The number of carbonyl (C=O) groups excluding carboxylic acids is 2. The Bertz CT molecular complexity index is 1260. The molecule has 0 aliphatic carbocycles. The Kier molecular flexibility index (Phi) is 6.23. The Labute approximate surface area is 189 Å². The summed E-state index contributed by atoms with van der Waals surface area (Å²) in [5, 5.41) is 3.41. The molecule has 1 aromatic carbocycles. The third-order valence-corrected chi connectivity index (χ3v) is 6.08. The number of benzene rings is 1. The van der Waals surface area contributed by atoms with E-state index in [0.717, 1.165) is 24.2 Å². The van der Waals surface area contributed by atoms with Crippen molar-refractivity contribution in [3.05, 3.63) is 64.9 Å². The molecule has 0 fully saturated rings. The number of hydrogen-bond donors (Lipinski definition) is 2. The van der Waals surface area contributed by atoms with Crippen molar-refractivity contribution in [2.24, 2.45) is 0 Å². The first-order valence-electron chi connectivity index (χ1n) is 10.3. The van der Waals surface area contributed by atoms with Crippen LogP contribution >= 0.6 is 11.3 Å². The lowest BCUT2D eigenvalue weighted by Gasteiger charge is -2.13. The van der Waals surface area contributed by atoms with Crippen LogP contribution < -0.4 is 11.1 Å². The number of furan rings is 1. The molecular formula is C24H23N3O4S.